The number of hydrogen-bond donors (Lipinski definition) is 0. The summed E-state index contributed by atoms with van der Waals surface area (Å²) in [5, 5.41) is 1.47. The summed E-state index contributed by atoms with van der Waals surface area (Å²) >= 11 is 92.4. The van der Waals surface area contributed by atoms with Gasteiger partial charge in [0.05, 0.1) is 97.2 Å². The minimum absolute atomic E-state index is 0.00403. The molecule has 0 saturated carbocycles. The van der Waals surface area contributed by atoms with Crippen LogP contribution in [0.5, 0.6) is 34.5 Å². The molecule has 24 heteroatoms. The number of rotatable bonds is 16. The Labute approximate surface area is 578 Å². The van der Waals surface area contributed by atoms with Crippen molar-refractivity contribution in [1.82, 2.24) is 9.13 Å². The topological polar surface area (TPSA) is 102 Å². The van der Waals surface area contributed by atoms with Gasteiger partial charge in [-0.15, -0.1) is 9.15 Å². The van der Waals surface area contributed by atoms with Gasteiger partial charge in [0.2, 0.25) is 22.6 Å². The van der Waals surface area contributed by atoms with Crippen molar-refractivity contribution in [3.05, 3.63) is 203 Å². The van der Waals surface area contributed by atoms with Gasteiger partial charge in [0.15, 0.2) is 23.0 Å². The minimum atomic E-state index is -1.98. The second-order valence-corrected chi connectivity index (χ2v) is 26.6. The van der Waals surface area contributed by atoms with Crippen LogP contribution in [0, 0.1) is 0 Å². The maximum absolute atomic E-state index is 7.95. The number of benzene rings is 8. The molecule has 6 aliphatic heterocycles. The molecule has 0 fully saturated rings. The second-order valence-electron chi connectivity index (χ2n) is 22.1. The molecule has 1 unspecified atom stereocenters. The molecule has 1 spiro atoms. The summed E-state index contributed by atoms with van der Waals surface area (Å²) < 4.78 is 34.2. The number of fused-ring (bicyclic) bond motifs is 12. The minimum Gasteiger partial charge on any atom is -0.490 e. The molecule has 0 N–H and O–H groups in total. The summed E-state index contributed by atoms with van der Waals surface area (Å²) in [7, 11) is 0. The van der Waals surface area contributed by atoms with Crippen LogP contribution in [-0.4, -0.2) is 54.8 Å². The van der Waals surface area contributed by atoms with Gasteiger partial charge in [-0.05, 0) is 36.1 Å². The maximum atomic E-state index is 7.95. The monoisotopic (exact) mass is 1440 g/mol. The number of hydrogen-bond acceptors (Lipinski definition) is 8. The van der Waals surface area contributed by atoms with Crippen molar-refractivity contribution >= 4 is 196 Å². The molecule has 0 bridgehead atoms. The van der Waals surface area contributed by atoms with Crippen LogP contribution in [0.2, 0.25) is 60.3 Å². The van der Waals surface area contributed by atoms with Crippen LogP contribution in [0.25, 0.3) is 43.8 Å². The molecule has 8 heterocycles. The van der Waals surface area contributed by atoms with Crippen molar-refractivity contribution in [2.75, 3.05) is 13.2 Å². The smallest absolute Gasteiger partial charge is 0.404 e. The quantitative estimate of drug-likeness (QED) is 0.0546. The average Bonchev–Trinajstić information content (AvgIpc) is 1.47. The number of nitrogens with zero attached hydrogens (tertiary/aromatic N) is 8. The highest BCUT2D eigenvalue weighted by atomic mass is 35.5. The summed E-state index contributed by atoms with van der Waals surface area (Å²) in [5.74, 6) is 0.315. The van der Waals surface area contributed by atoms with Crippen LogP contribution < -0.4 is 29.9 Å². The van der Waals surface area contributed by atoms with E-state index in [0.29, 0.717) is 40.7 Å². The number of aliphatic imine (C=N–C) groups is 2. The van der Waals surface area contributed by atoms with Crippen LogP contribution in [-0.2, 0) is 5.91 Å². The Balaban J connectivity index is 1.07. The van der Waals surface area contributed by atoms with E-state index in [1.165, 1.54) is 0 Å². The van der Waals surface area contributed by atoms with E-state index < -0.39 is 5.91 Å². The predicted octanol–water partition coefficient (Wildman–Crippen LogP) is 21.6. The Hall–Kier alpha value is -6.20. The van der Waals surface area contributed by atoms with E-state index in [1.807, 2.05) is 127 Å². The molecular weight excluding hydrogens is 1410 g/mol. The third-order valence-electron chi connectivity index (χ3n) is 17.0. The largest absolute Gasteiger partial charge is 0.490 e. The van der Waals surface area contributed by atoms with E-state index in [9.17, 15) is 0 Å². The fraction of sp³-hybridized carbons (Fsp3) is 0.164. The van der Waals surface area contributed by atoms with Gasteiger partial charge in [0.1, 0.15) is 31.6 Å². The fourth-order valence-electron chi connectivity index (χ4n) is 13.0. The first-order valence-electron chi connectivity index (χ1n) is 28.9. The van der Waals surface area contributed by atoms with E-state index in [4.69, 9.17) is 178 Å². The van der Waals surface area contributed by atoms with Gasteiger partial charge in [-0.2, -0.15) is 9.13 Å². The van der Waals surface area contributed by atoms with Crippen LogP contribution in [0.15, 0.2) is 129 Å². The first-order valence-corrected chi connectivity index (χ1v) is 33.5. The summed E-state index contributed by atoms with van der Waals surface area (Å²) in [4.78, 5) is 22.4. The van der Waals surface area contributed by atoms with Crippen molar-refractivity contribution in [1.29, 1.82) is 0 Å². The van der Waals surface area contributed by atoms with E-state index >= 15 is 0 Å². The molecule has 10 aromatic rings. The van der Waals surface area contributed by atoms with Crippen molar-refractivity contribution in [3.63, 3.8) is 0 Å². The van der Waals surface area contributed by atoms with E-state index in [2.05, 4.69) is 13.8 Å². The fourth-order valence-corrected chi connectivity index (χ4v) is 16.5. The van der Waals surface area contributed by atoms with Crippen molar-refractivity contribution < 1.29 is 28.1 Å². The van der Waals surface area contributed by atoms with Gasteiger partial charge in [0.25, 0.3) is 23.3 Å². The van der Waals surface area contributed by atoms with Gasteiger partial charge in [-0.3, -0.25) is 0 Å². The molecule has 16 rings (SSSR count). The van der Waals surface area contributed by atoms with Crippen molar-refractivity contribution in [2.45, 2.75) is 58.3 Å². The lowest BCUT2D eigenvalue weighted by Crippen LogP contribution is -2.71. The van der Waals surface area contributed by atoms with Crippen molar-refractivity contribution in [3.8, 4) is 56.8 Å². The molecular formula is C67H40Cl12N8O4+2. The highest BCUT2D eigenvalue weighted by Crippen LogP contribution is 2.62. The Kier molecular flexibility index (Phi) is 14.8. The molecule has 1 atom stereocenters. The summed E-state index contributed by atoms with van der Waals surface area (Å²) in [6.07, 6.45) is 5.05. The zero-order valence-corrected chi connectivity index (χ0v) is 56.4. The third-order valence-corrected chi connectivity index (χ3v) is 21.8. The number of para-hydroxylation sites is 2. The number of halogens is 12. The third kappa shape index (κ3) is 8.31. The number of amidine groups is 4. The normalized spacial score (nSPS) is 15.8. The molecule has 12 nitrogen and oxygen atoms in total. The molecule has 8 aromatic carbocycles. The SMILES string of the molecule is CCCCCOc1c(Cl)c(Cl)c2c(c1Cl)C1=[N+]3C2=Nc2c4c(Cl)c(Oc5ccccc5-c5ccccc5)c(Cl)c(Cl)c4c4n2C32n3c(c5c(Cl)c(Cl)c(OCCCCC)c(Cl)c5c3=NC3=[N+]2C(=N4)c2c(Cl)c(Oc4ccccc4-c4ccccc4)c(Cl)c(Cl)c23)=N1. The predicted molar refractivity (Wildman–Crippen MR) is 368 cm³/mol. The molecule has 6 aliphatic rings. The first-order chi connectivity index (χ1) is 44.1. The number of unbranched alkanes of at least 4 members (excludes halogenated alkanes) is 4. The lowest BCUT2D eigenvalue weighted by molar-refractivity contribution is -0.790. The molecule has 0 aliphatic carbocycles. The Bertz CT molecular complexity index is 5260. The highest BCUT2D eigenvalue weighted by molar-refractivity contribution is 6.53. The number of aromatic nitrogens is 2. The lowest BCUT2D eigenvalue weighted by Gasteiger charge is -2.40. The first kappa shape index (κ1) is 59.8. The van der Waals surface area contributed by atoms with Gasteiger partial charge in [0, 0.05) is 11.1 Å². The summed E-state index contributed by atoms with van der Waals surface area (Å²) in [6, 6.07) is 34.5. The highest BCUT2D eigenvalue weighted by Gasteiger charge is 2.71. The van der Waals surface area contributed by atoms with E-state index in [-0.39, 0.29) is 170 Å². The zero-order valence-electron chi connectivity index (χ0n) is 47.3. The van der Waals surface area contributed by atoms with Gasteiger partial charge >= 0.3 is 5.91 Å². The Morgan fingerprint density at radius 2 is 0.758 bits per heavy atom. The van der Waals surface area contributed by atoms with Crippen LogP contribution in [0.3, 0.4) is 0 Å². The molecule has 0 radical (unpaired) electrons. The van der Waals surface area contributed by atoms with E-state index in [0.717, 1.165) is 47.9 Å². The molecule has 2 aromatic heterocycles. The standard InChI is InChI=1S/C67H40Cl12N8O4/c1-3-5-17-27-88-55-47(72)39-35(43(68)51(55)76)59-80-63-40-36(44(69)52(77)56(48(40)73)89-28-18-6-4-2)60-82-65-42-38(46(71)54(79)58(50(42)75)91-34-26-16-14-24-32(34)30-21-11-8-12-22-30)62-83-66-41-37(61-81-64(39)84(59)67(85(60)63,86(61)66)87(62)65)45(70)53(78)57(49(41)74)90-33-25-15-13-23-31(33)29-19-9-7-10-20-29/h7-16,19-26H,3-6,17-18,27-28H2,1-2H3/q+2. The van der Waals surface area contributed by atoms with Crippen LogP contribution >= 0.6 is 139 Å². The van der Waals surface area contributed by atoms with Crippen molar-refractivity contribution in [2.24, 2.45) is 20.0 Å². The molecule has 0 saturated heterocycles. The lowest BCUT2D eigenvalue weighted by atomic mass is 10.0. The Morgan fingerprint density at radius 3 is 1.30 bits per heavy atom. The summed E-state index contributed by atoms with van der Waals surface area (Å²) in [6.45, 7) is 4.74. The molecule has 454 valence electrons. The van der Waals surface area contributed by atoms with Crippen LogP contribution in [0.1, 0.15) is 74.6 Å². The van der Waals surface area contributed by atoms with Gasteiger partial charge in [-0.1, -0.05) is 296 Å². The maximum Gasteiger partial charge on any atom is 0.404 e. The van der Waals surface area contributed by atoms with Gasteiger partial charge < -0.3 is 18.9 Å². The van der Waals surface area contributed by atoms with Crippen LogP contribution in [0.4, 0.5) is 11.6 Å². The average molecular weight is 1450 g/mol. The number of ether oxygens (including phenoxy) is 4. The Morgan fingerprint density at radius 1 is 0.374 bits per heavy atom. The molecule has 91 heavy (non-hydrogen) atoms. The summed E-state index contributed by atoms with van der Waals surface area (Å²) in [5.41, 5.74) is 4.78. The molecule has 0 amide bonds. The second kappa shape index (κ2) is 22.5. The van der Waals surface area contributed by atoms with E-state index in [1.54, 1.807) is 0 Å². The zero-order chi connectivity index (χ0) is 62.8. The van der Waals surface area contributed by atoms with Gasteiger partial charge in [-0.25, -0.2) is 0 Å².